The maximum Gasteiger partial charge on any atom is 0.306 e. The fourth-order valence-electron chi connectivity index (χ4n) is 9.44. The van der Waals surface area contributed by atoms with Gasteiger partial charge in [-0.25, -0.2) is 0 Å². The molecule has 0 aliphatic rings. The molecule has 0 spiro atoms. The molecule has 6 nitrogen and oxygen atoms in total. The van der Waals surface area contributed by atoms with Crippen LogP contribution in [0.3, 0.4) is 0 Å². The van der Waals surface area contributed by atoms with E-state index in [2.05, 4.69) is 106 Å². The predicted octanol–water partition coefficient (Wildman–Crippen LogP) is 22.7. The molecule has 0 aliphatic heterocycles. The first-order valence-corrected chi connectivity index (χ1v) is 33.1. The highest BCUT2D eigenvalue weighted by molar-refractivity contribution is 5.71. The average molecular weight is 1070 g/mol. The van der Waals surface area contributed by atoms with E-state index in [0.717, 1.165) is 96.3 Å². The normalized spacial score (nSPS) is 12.6. The Morgan fingerprint density at radius 2 is 0.506 bits per heavy atom. The maximum absolute atomic E-state index is 12.9. The molecule has 6 heteroatoms. The van der Waals surface area contributed by atoms with Crippen molar-refractivity contribution >= 4 is 17.9 Å². The molecule has 1 atom stereocenters. The molecule has 0 saturated carbocycles. The number of unbranched alkanes of at least 4 members (excludes halogenated alkanes) is 35. The Bertz CT molecular complexity index is 1470. The third kappa shape index (κ3) is 63.3. The third-order valence-electron chi connectivity index (χ3n) is 14.4. The second-order valence-electron chi connectivity index (χ2n) is 22.0. The summed E-state index contributed by atoms with van der Waals surface area (Å²) in [6.07, 6.45) is 86.1. The molecule has 444 valence electrons. The van der Waals surface area contributed by atoms with Crippen LogP contribution in [0.5, 0.6) is 0 Å². The van der Waals surface area contributed by atoms with Crippen molar-refractivity contribution in [3.8, 4) is 0 Å². The highest BCUT2D eigenvalue weighted by Gasteiger charge is 2.19. The topological polar surface area (TPSA) is 78.9 Å². The zero-order valence-corrected chi connectivity index (χ0v) is 51.0. The molecule has 0 bridgehead atoms. The van der Waals surface area contributed by atoms with Crippen molar-refractivity contribution in [2.45, 2.75) is 335 Å². The highest BCUT2D eigenvalue weighted by Crippen LogP contribution is 2.17. The van der Waals surface area contributed by atoms with E-state index in [4.69, 9.17) is 14.2 Å². The molecule has 0 heterocycles. The van der Waals surface area contributed by atoms with Crippen molar-refractivity contribution in [1.29, 1.82) is 0 Å². The summed E-state index contributed by atoms with van der Waals surface area (Å²) >= 11 is 0. The number of hydrogen-bond donors (Lipinski definition) is 0. The van der Waals surface area contributed by atoms with E-state index in [9.17, 15) is 14.4 Å². The number of esters is 3. The lowest BCUT2D eigenvalue weighted by Crippen LogP contribution is -2.30. The van der Waals surface area contributed by atoms with Gasteiger partial charge in [0, 0.05) is 19.3 Å². The average Bonchev–Trinajstić information content (AvgIpc) is 3.43. The van der Waals surface area contributed by atoms with Gasteiger partial charge in [-0.1, -0.05) is 298 Å². The zero-order chi connectivity index (χ0) is 55.7. The number of ether oxygens (including phenoxy) is 3. The van der Waals surface area contributed by atoms with E-state index in [1.165, 1.54) is 193 Å². The molecular weight excluding hydrogens is 949 g/mol. The summed E-state index contributed by atoms with van der Waals surface area (Å²) < 4.78 is 16.9. The number of allylic oxidation sites excluding steroid dienone is 14. The van der Waals surface area contributed by atoms with Crippen LogP contribution in [0.15, 0.2) is 85.1 Å². The third-order valence-corrected chi connectivity index (χ3v) is 14.4. The second kappa shape index (κ2) is 65.1. The molecule has 1 unspecified atom stereocenters. The summed E-state index contributed by atoms with van der Waals surface area (Å²) in [5.74, 6) is -0.869. The fraction of sp³-hybridized carbons (Fsp3) is 0.761. The van der Waals surface area contributed by atoms with Gasteiger partial charge in [0.1, 0.15) is 13.2 Å². The second-order valence-corrected chi connectivity index (χ2v) is 22.0. The zero-order valence-electron chi connectivity index (χ0n) is 51.0. The SMILES string of the molecule is CC/C=C\C/C=C\C/C=C\C/C=C\C/C=C\CCCCCCCCCCCCCCCC(=O)OCC(COC(=O)CCCCCCCCCCC)OC(=O)CCCCCCCCCCC/C=C\C/C=C\CCCCCCC. The molecule has 0 N–H and O–H groups in total. The first-order valence-electron chi connectivity index (χ1n) is 33.1. The van der Waals surface area contributed by atoms with Crippen molar-refractivity contribution < 1.29 is 28.6 Å². The van der Waals surface area contributed by atoms with Crippen LogP contribution in [0.4, 0.5) is 0 Å². The van der Waals surface area contributed by atoms with E-state index >= 15 is 0 Å². The van der Waals surface area contributed by atoms with Crippen LogP contribution in [0, 0.1) is 0 Å². The molecular formula is C71H124O6. The molecule has 0 fully saturated rings. The molecule has 77 heavy (non-hydrogen) atoms. The van der Waals surface area contributed by atoms with Crippen LogP contribution in [-0.2, 0) is 28.6 Å². The largest absolute Gasteiger partial charge is 0.462 e. The maximum atomic E-state index is 12.9. The lowest BCUT2D eigenvalue weighted by molar-refractivity contribution is -0.167. The first-order chi connectivity index (χ1) is 38.0. The van der Waals surface area contributed by atoms with Crippen LogP contribution < -0.4 is 0 Å². The van der Waals surface area contributed by atoms with Crippen molar-refractivity contribution in [3.05, 3.63) is 85.1 Å². The van der Waals surface area contributed by atoms with Crippen molar-refractivity contribution in [2.24, 2.45) is 0 Å². The minimum atomic E-state index is -0.777. The van der Waals surface area contributed by atoms with Crippen molar-refractivity contribution in [1.82, 2.24) is 0 Å². The summed E-state index contributed by atoms with van der Waals surface area (Å²) in [4.78, 5) is 38.2. The van der Waals surface area contributed by atoms with E-state index in [1.807, 2.05) is 0 Å². The molecule has 0 aliphatic carbocycles. The standard InChI is InChI=1S/C71H124O6/c1-4-7-10-13-16-19-21-23-25-27-29-31-32-33-34-35-36-37-38-40-41-43-45-47-49-52-55-58-61-64-70(73)76-67-68(66-75-69(72)63-60-57-54-51-18-15-12-9-6-3)77-71(74)65-62-59-56-53-50-48-46-44-42-39-30-28-26-24-22-20-17-14-11-8-5-2/h7,10,16,19,22-25,28-31,33-34,68H,4-6,8-9,11-15,17-18,20-21,26-27,32,35-67H2,1-3H3/b10-7-,19-16-,24-22-,25-23-,30-28-,31-29-,34-33-. The summed E-state index contributed by atoms with van der Waals surface area (Å²) in [6.45, 7) is 6.53. The lowest BCUT2D eigenvalue weighted by Gasteiger charge is -2.18. The van der Waals surface area contributed by atoms with Crippen LogP contribution in [0.25, 0.3) is 0 Å². The van der Waals surface area contributed by atoms with Crippen molar-refractivity contribution in [2.75, 3.05) is 13.2 Å². The highest BCUT2D eigenvalue weighted by atomic mass is 16.6. The van der Waals surface area contributed by atoms with Gasteiger partial charge in [-0.05, 0) is 96.3 Å². The van der Waals surface area contributed by atoms with Crippen LogP contribution in [-0.4, -0.2) is 37.2 Å². The van der Waals surface area contributed by atoms with Crippen LogP contribution >= 0.6 is 0 Å². The van der Waals surface area contributed by atoms with Gasteiger partial charge < -0.3 is 14.2 Å². The summed E-state index contributed by atoms with van der Waals surface area (Å²) in [6, 6.07) is 0. The minimum absolute atomic E-state index is 0.0748. The minimum Gasteiger partial charge on any atom is -0.462 e. The number of rotatable bonds is 60. The van der Waals surface area contributed by atoms with Gasteiger partial charge in [-0.3, -0.25) is 14.4 Å². The fourth-order valence-corrected chi connectivity index (χ4v) is 9.44. The molecule has 0 saturated heterocycles. The monoisotopic (exact) mass is 1070 g/mol. The van der Waals surface area contributed by atoms with Gasteiger partial charge in [0.2, 0.25) is 0 Å². The summed E-state index contributed by atoms with van der Waals surface area (Å²) in [5, 5.41) is 0. The first kappa shape index (κ1) is 73.6. The van der Waals surface area contributed by atoms with Crippen LogP contribution in [0.1, 0.15) is 329 Å². The molecule has 0 rings (SSSR count). The molecule has 0 aromatic rings. The van der Waals surface area contributed by atoms with E-state index in [0.29, 0.717) is 19.3 Å². The molecule has 0 amide bonds. The summed E-state index contributed by atoms with van der Waals surface area (Å²) in [5.41, 5.74) is 0. The number of carbonyl (C=O) groups is 3. The smallest absolute Gasteiger partial charge is 0.306 e. The Hall–Kier alpha value is -3.41. The van der Waals surface area contributed by atoms with E-state index < -0.39 is 6.10 Å². The van der Waals surface area contributed by atoms with E-state index in [1.54, 1.807) is 0 Å². The Balaban J connectivity index is 4.17. The van der Waals surface area contributed by atoms with Gasteiger partial charge in [0.05, 0.1) is 0 Å². The summed E-state index contributed by atoms with van der Waals surface area (Å²) in [7, 11) is 0. The number of carbonyl (C=O) groups excluding carboxylic acids is 3. The molecule has 0 aromatic carbocycles. The Morgan fingerprint density at radius 1 is 0.273 bits per heavy atom. The van der Waals surface area contributed by atoms with E-state index in [-0.39, 0.29) is 31.1 Å². The van der Waals surface area contributed by atoms with Crippen molar-refractivity contribution in [3.63, 3.8) is 0 Å². The van der Waals surface area contributed by atoms with Gasteiger partial charge in [-0.15, -0.1) is 0 Å². The number of hydrogen-bond acceptors (Lipinski definition) is 6. The van der Waals surface area contributed by atoms with Crippen LogP contribution in [0.2, 0.25) is 0 Å². The van der Waals surface area contributed by atoms with Gasteiger partial charge >= 0.3 is 17.9 Å². The van der Waals surface area contributed by atoms with Gasteiger partial charge in [0.15, 0.2) is 6.10 Å². The lowest BCUT2D eigenvalue weighted by atomic mass is 10.0. The molecule has 0 radical (unpaired) electrons. The van der Waals surface area contributed by atoms with Gasteiger partial charge in [-0.2, -0.15) is 0 Å². The Morgan fingerprint density at radius 3 is 0.792 bits per heavy atom. The predicted molar refractivity (Wildman–Crippen MR) is 334 cm³/mol. The van der Waals surface area contributed by atoms with Gasteiger partial charge in [0.25, 0.3) is 0 Å². The quantitative estimate of drug-likeness (QED) is 0.0261. The Labute approximate surface area is 477 Å². The molecule has 0 aromatic heterocycles. The Kier molecular flexibility index (Phi) is 62.2.